The van der Waals surface area contributed by atoms with Crippen LogP contribution in [0, 0.1) is 11.8 Å². The molecule has 21 heteroatoms. The van der Waals surface area contributed by atoms with E-state index in [1.54, 1.807) is 26.0 Å². The maximum atomic E-state index is 14.2. The van der Waals surface area contributed by atoms with Crippen molar-refractivity contribution in [2.75, 3.05) is 6.54 Å². The number of nitrogens with one attached hydrogen (secondary N) is 6. The molecular weight excluding hydrogens is 770 g/mol. The zero-order chi connectivity index (χ0) is 44.0. The van der Waals surface area contributed by atoms with E-state index >= 15 is 0 Å². The number of aliphatic hydroxyl groups is 1. The highest BCUT2D eigenvalue weighted by Gasteiger charge is 2.40. The van der Waals surface area contributed by atoms with Crippen molar-refractivity contribution in [2.24, 2.45) is 17.6 Å². The molecular formula is C38H57N11O10. The maximum Gasteiger partial charge on any atom is 0.326 e. The van der Waals surface area contributed by atoms with Crippen LogP contribution in [-0.2, 0) is 51.2 Å². The number of hydrogen-bond acceptors (Lipinski definition) is 12. The van der Waals surface area contributed by atoms with Gasteiger partial charge in [-0.15, -0.1) is 10.2 Å². The Morgan fingerprint density at radius 2 is 1.47 bits per heavy atom. The molecule has 1 aliphatic heterocycles. The van der Waals surface area contributed by atoms with Gasteiger partial charge >= 0.3 is 5.97 Å². The number of carboxylic acid groups (broad SMARTS) is 1. The molecule has 0 saturated carbocycles. The number of aliphatic carboxylic acids is 1. The van der Waals surface area contributed by atoms with Gasteiger partial charge in [0.1, 0.15) is 36.3 Å². The lowest BCUT2D eigenvalue weighted by molar-refractivity contribution is -0.144. The molecule has 21 nitrogen and oxygen atoms in total. The second-order valence-electron chi connectivity index (χ2n) is 15.5. The van der Waals surface area contributed by atoms with E-state index in [0.29, 0.717) is 18.7 Å². The van der Waals surface area contributed by atoms with Gasteiger partial charge in [-0.3, -0.25) is 33.6 Å². The average molecular weight is 828 g/mol. The van der Waals surface area contributed by atoms with Crippen molar-refractivity contribution in [3.63, 3.8) is 0 Å². The van der Waals surface area contributed by atoms with Crippen molar-refractivity contribution in [1.29, 1.82) is 0 Å². The largest absolute Gasteiger partial charge is 0.480 e. The summed E-state index contributed by atoms with van der Waals surface area (Å²) in [5.74, 6) is -6.57. The first-order valence-corrected chi connectivity index (χ1v) is 19.6. The predicted octanol–water partition coefficient (Wildman–Crippen LogP) is -1.80. The van der Waals surface area contributed by atoms with Gasteiger partial charge in [0.25, 0.3) is 0 Å². The first-order chi connectivity index (χ1) is 27.8. The number of aromatic nitrogens is 4. The number of H-pyrrole nitrogens is 1. The van der Waals surface area contributed by atoms with Crippen molar-refractivity contribution < 1.29 is 48.6 Å². The monoisotopic (exact) mass is 827 g/mol. The third kappa shape index (κ3) is 14.7. The van der Waals surface area contributed by atoms with E-state index in [1.165, 1.54) is 18.7 Å². The van der Waals surface area contributed by atoms with E-state index in [0.717, 1.165) is 11.1 Å². The number of aromatic amines is 1. The number of nitrogens with zero attached hydrogens (tertiary/aromatic N) is 4. The van der Waals surface area contributed by atoms with Crippen LogP contribution in [0.2, 0.25) is 0 Å². The van der Waals surface area contributed by atoms with E-state index < -0.39 is 95.6 Å². The number of amides is 7. The molecule has 0 radical (unpaired) electrons. The Balaban J connectivity index is 1.77. The molecule has 324 valence electrons. The van der Waals surface area contributed by atoms with Gasteiger partial charge in [0.2, 0.25) is 41.4 Å². The van der Waals surface area contributed by atoms with Crippen LogP contribution in [0.25, 0.3) is 0 Å². The Kier molecular flexibility index (Phi) is 17.9. The van der Waals surface area contributed by atoms with E-state index in [-0.39, 0.29) is 44.6 Å². The van der Waals surface area contributed by atoms with Crippen LogP contribution in [0.5, 0.6) is 0 Å². The van der Waals surface area contributed by atoms with Crippen LogP contribution >= 0.6 is 0 Å². The zero-order valence-electron chi connectivity index (χ0n) is 34.2. The van der Waals surface area contributed by atoms with Crippen LogP contribution < -0.4 is 32.3 Å². The van der Waals surface area contributed by atoms with Gasteiger partial charge in [-0.2, -0.15) is 5.21 Å². The third-order valence-electron chi connectivity index (χ3n) is 9.67. The summed E-state index contributed by atoms with van der Waals surface area (Å²) in [7, 11) is 0. The first-order valence-electron chi connectivity index (χ1n) is 19.6. The highest BCUT2D eigenvalue weighted by atomic mass is 16.4. The van der Waals surface area contributed by atoms with Crippen LogP contribution in [0.4, 0.5) is 0 Å². The van der Waals surface area contributed by atoms with Gasteiger partial charge in [0.15, 0.2) is 5.82 Å². The molecule has 1 fully saturated rings. The SMILES string of the molecule is CC(=O)N[C@@H](Cc1ccc(Cc2nn[nH]n2)cc1)C(=O)N[C@@H](CC(C)C)C(=O)N1CCC[C@H]1C(=O)N[C@@H](CCC(N)=O)C(=O)N[C@H](C(=O)N[C@H](C(=O)O)C(C)C)[C@@H](C)O. The smallest absolute Gasteiger partial charge is 0.326 e. The summed E-state index contributed by atoms with van der Waals surface area (Å²) in [4.78, 5) is 105. The van der Waals surface area contributed by atoms with Crippen molar-refractivity contribution in [3.05, 3.63) is 41.2 Å². The minimum Gasteiger partial charge on any atom is -0.480 e. The van der Waals surface area contributed by atoms with Gasteiger partial charge in [0, 0.05) is 32.7 Å². The fourth-order valence-electron chi connectivity index (χ4n) is 6.63. The predicted molar refractivity (Wildman–Crippen MR) is 209 cm³/mol. The first kappa shape index (κ1) is 47.4. The van der Waals surface area contributed by atoms with E-state index in [2.05, 4.69) is 47.2 Å². The quantitative estimate of drug-likeness (QED) is 0.0634. The summed E-state index contributed by atoms with van der Waals surface area (Å²) in [6.07, 6.45) is -0.813. The molecule has 1 saturated heterocycles. The standard InChI is InChI=1S/C38H57N11O10/c1-19(2)16-27(42-34(54)26(40-22(6)51)17-23-9-11-24(12-10-23)18-30-45-47-48-46-30)37(57)49-15-7-8-28(49)35(55)41-25(13-14-29(39)52)33(53)44-32(21(5)50)36(56)43-31(20(3)4)38(58)59/h9-12,19-21,25-28,31-32,50H,7-8,13-18H2,1-6H3,(H2,39,52)(H,40,51)(H,41,55)(H,42,54)(H,43,56)(H,44,53)(H,58,59)(H,45,46,47,48)/t21-,25+,26+,27+,28+,31+,32+/m1/s1. The topological polar surface area (TPSA) is 321 Å². The number of carbonyl (C=O) groups is 8. The fourth-order valence-corrected chi connectivity index (χ4v) is 6.63. The van der Waals surface area contributed by atoms with Crippen molar-refractivity contribution in [3.8, 4) is 0 Å². The number of carboxylic acids is 1. The molecule has 1 aromatic heterocycles. The Morgan fingerprint density at radius 3 is 2.02 bits per heavy atom. The minimum atomic E-state index is -1.63. The summed E-state index contributed by atoms with van der Waals surface area (Å²) in [5.41, 5.74) is 6.96. The number of nitrogens with two attached hydrogens (primary N) is 1. The van der Waals surface area contributed by atoms with E-state index in [4.69, 9.17) is 5.73 Å². The second-order valence-corrected chi connectivity index (χ2v) is 15.5. The van der Waals surface area contributed by atoms with Gasteiger partial charge in [-0.1, -0.05) is 57.2 Å². The molecule has 1 aromatic carbocycles. The Bertz CT molecular complexity index is 1790. The van der Waals surface area contributed by atoms with E-state index in [9.17, 15) is 48.6 Å². The number of rotatable bonds is 22. The van der Waals surface area contributed by atoms with Crippen molar-refractivity contribution in [1.82, 2.24) is 52.1 Å². The molecule has 2 aromatic rings. The lowest BCUT2D eigenvalue weighted by Crippen LogP contribution is -2.61. The molecule has 0 spiro atoms. The molecule has 10 N–H and O–H groups in total. The number of primary amides is 1. The third-order valence-corrected chi connectivity index (χ3v) is 9.67. The highest BCUT2D eigenvalue weighted by molar-refractivity contribution is 5.97. The average Bonchev–Trinajstić information content (AvgIpc) is 3.86. The van der Waals surface area contributed by atoms with Crippen LogP contribution in [0.1, 0.15) is 90.6 Å². The Morgan fingerprint density at radius 1 is 0.847 bits per heavy atom. The number of tetrazole rings is 1. The van der Waals surface area contributed by atoms with E-state index in [1.807, 2.05) is 26.0 Å². The highest BCUT2D eigenvalue weighted by Crippen LogP contribution is 2.21. The summed E-state index contributed by atoms with van der Waals surface area (Å²) in [6.45, 7) is 9.46. The van der Waals surface area contributed by atoms with Crippen LogP contribution in [0.3, 0.4) is 0 Å². The maximum absolute atomic E-state index is 14.2. The molecule has 59 heavy (non-hydrogen) atoms. The molecule has 7 atom stereocenters. The lowest BCUT2D eigenvalue weighted by atomic mass is 9.99. The normalized spacial score (nSPS) is 16.9. The number of likely N-dealkylation sites (tertiary alicyclic amines) is 1. The number of aliphatic hydroxyl groups excluding tert-OH is 1. The van der Waals surface area contributed by atoms with Gasteiger partial charge in [-0.25, -0.2) is 4.79 Å². The fraction of sp³-hybridized carbons (Fsp3) is 0.605. The second kappa shape index (κ2) is 22.2. The van der Waals surface area contributed by atoms with Gasteiger partial charge < -0.3 is 47.4 Å². The molecule has 3 rings (SSSR count). The van der Waals surface area contributed by atoms with Crippen LogP contribution in [0.15, 0.2) is 24.3 Å². The summed E-state index contributed by atoms with van der Waals surface area (Å²) >= 11 is 0. The molecule has 0 aliphatic carbocycles. The number of hydrogen-bond donors (Lipinski definition) is 9. The summed E-state index contributed by atoms with van der Waals surface area (Å²) in [5, 5.41) is 46.4. The number of carbonyl (C=O) groups excluding carboxylic acids is 7. The molecule has 7 amide bonds. The Hall–Kier alpha value is -5.99. The molecule has 1 aliphatic rings. The Labute approximate surface area is 341 Å². The molecule has 0 unspecified atom stereocenters. The molecule has 2 heterocycles. The lowest BCUT2D eigenvalue weighted by Gasteiger charge is -2.31. The van der Waals surface area contributed by atoms with Crippen molar-refractivity contribution >= 4 is 47.3 Å². The zero-order valence-corrected chi connectivity index (χ0v) is 34.2. The van der Waals surface area contributed by atoms with Gasteiger partial charge in [-0.05, 0) is 55.6 Å². The van der Waals surface area contributed by atoms with Crippen LogP contribution in [-0.4, -0.2) is 132 Å². The summed E-state index contributed by atoms with van der Waals surface area (Å²) in [6, 6.07) is -0.363. The van der Waals surface area contributed by atoms with Gasteiger partial charge in [0.05, 0.1) is 6.10 Å². The number of benzene rings is 1. The van der Waals surface area contributed by atoms with Crippen molar-refractivity contribution in [2.45, 2.75) is 129 Å². The minimum absolute atomic E-state index is 0.0858. The molecule has 0 bridgehead atoms. The summed E-state index contributed by atoms with van der Waals surface area (Å²) < 4.78 is 0.